The number of ether oxygens (including phenoxy) is 2. The molecule has 0 aliphatic rings. The monoisotopic (exact) mass is 463 g/mol. The Hall–Kier alpha value is -4.24. The van der Waals surface area contributed by atoms with Crippen molar-refractivity contribution < 1.29 is 24.0 Å². The standard InChI is InChI=1S/C25H25N3O6/c1-33-21-12-13-23(28(31)32)22(14-21)26-24(29)18-34-25(30)17-27(15-19-8-4-2-5-9-19)16-20-10-6-3-7-11-20/h2-14H,15-18H2,1H3,(H,26,29). The quantitative estimate of drug-likeness (QED) is 0.262. The minimum Gasteiger partial charge on any atom is -0.497 e. The Morgan fingerprint density at radius 2 is 1.53 bits per heavy atom. The van der Waals surface area contributed by atoms with Crippen LogP contribution in [0.2, 0.25) is 0 Å². The SMILES string of the molecule is COc1ccc([N+](=O)[O-])c(NC(=O)COC(=O)CN(Cc2ccccc2)Cc2ccccc2)c1. The highest BCUT2D eigenvalue weighted by Gasteiger charge is 2.19. The van der Waals surface area contributed by atoms with Crippen LogP contribution >= 0.6 is 0 Å². The summed E-state index contributed by atoms with van der Waals surface area (Å²) in [4.78, 5) is 37.3. The average Bonchev–Trinajstić information content (AvgIpc) is 2.83. The Morgan fingerprint density at radius 3 is 2.06 bits per heavy atom. The summed E-state index contributed by atoms with van der Waals surface area (Å²) < 4.78 is 10.2. The molecule has 0 aliphatic carbocycles. The molecule has 176 valence electrons. The number of carbonyl (C=O) groups is 2. The van der Waals surface area contributed by atoms with Gasteiger partial charge in [0.2, 0.25) is 0 Å². The van der Waals surface area contributed by atoms with Crippen molar-refractivity contribution in [3.8, 4) is 5.75 Å². The predicted octanol–water partition coefficient (Wildman–Crippen LogP) is 3.79. The van der Waals surface area contributed by atoms with Gasteiger partial charge in [-0.15, -0.1) is 0 Å². The Labute approximate surface area is 197 Å². The number of benzene rings is 3. The lowest BCUT2D eigenvalue weighted by atomic mass is 10.1. The molecule has 3 aromatic rings. The van der Waals surface area contributed by atoms with Gasteiger partial charge in [-0.25, -0.2) is 0 Å². The largest absolute Gasteiger partial charge is 0.497 e. The summed E-state index contributed by atoms with van der Waals surface area (Å²) in [6, 6.07) is 23.4. The van der Waals surface area contributed by atoms with Crippen LogP contribution in [-0.2, 0) is 27.4 Å². The molecular formula is C25H25N3O6. The van der Waals surface area contributed by atoms with Gasteiger partial charge in [-0.2, -0.15) is 0 Å². The van der Waals surface area contributed by atoms with Crippen LogP contribution in [0.15, 0.2) is 78.9 Å². The van der Waals surface area contributed by atoms with E-state index in [9.17, 15) is 19.7 Å². The van der Waals surface area contributed by atoms with Crippen molar-refractivity contribution in [3.05, 3.63) is 100 Å². The third-order valence-corrected chi connectivity index (χ3v) is 4.89. The predicted molar refractivity (Wildman–Crippen MR) is 126 cm³/mol. The molecule has 0 bridgehead atoms. The maximum Gasteiger partial charge on any atom is 0.320 e. The van der Waals surface area contributed by atoms with E-state index in [4.69, 9.17) is 9.47 Å². The van der Waals surface area contributed by atoms with E-state index in [1.165, 1.54) is 25.3 Å². The van der Waals surface area contributed by atoms with Gasteiger partial charge in [0.1, 0.15) is 11.4 Å². The minimum absolute atomic E-state index is 0.0314. The van der Waals surface area contributed by atoms with E-state index >= 15 is 0 Å². The number of nitrogens with zero attached hydrogens (tertiary/aromatic N) is 2. The second-order valence-electron chi connectivity index (χ2n) is 7.47. The highest BCUT2D eigenvalue weighted by molar-refractivity contribution is 5.95. The third kappa shape index (κ3) is 7.42. The molecule has 0 saturated heterocycles. The summed E-state index contributed by atoms with van der Waals surface area (Å²) in [6.07, 6.45) is 0. The summed E-state index contributed by atoms with van der Waals surface area (Å²) in [5, 5.41) is 13.6. The molecule has 0 spiro atoms. The third-order valence-electron chi connectivity index (χ3n) is 4.89. The maximum atomic E-state index is 12.5. The van der Waals surface area contributed by atoms with E-state index in [2.05, 4.69) is 5.32 Å². The highest BCUT2D eigenvalue weighted by atomic mass is 16.6. The van der Waals surface area contributed by atoms with E-state index in [1.54, 1.807) is 0 Å². The number of amides is 1. The minimum atomic E-state index is -0.692. The molecule has 0 atom stereocenters. The van der Waals surface area contributed by atoms with Crippen LogP contribution in [0.1, 0.15) is 11.1 Å². The van der Waals surface area contributed by atoms with E-state index in [0.717, 1.165) is 11.1 Å². The zero-order chi connectivity index (χ0) is 24.3. The molecule has 1 amide bonds. The molecule has 0 aliphatic heterocycles. The van der Waals surface area contributed by atoms with E-state index in [-0.39, 0.29) is 17.9 Å². The fourth-order valence-electron chi connectivity index (χ4n) is 3.31. The van der Waals surface area contributed by atoms with Crippen LogP contribution in [-0.4, -0.2) is 42.0 Å². The summed E-state index contributed by atoms with van der Waals surface area (Å²) >= 11 is 0. The number of nitro benzene ring substituents is 1. The Bertz CT molecular complexity index is 1080. The Morgan fingerprint density at radius 1 is 0.941 bits per heavy atom. The van der Waals surface area contributed by atoms with Crippen LogP contribution in [0.3, 0.4) is 0 Å². The number of carbonyl (C=O) groups excluding carboxylic acids is 2. The lowest BCUT2D eigenvalue weighted by Gasteiger charge is -2.21. The normalized spacial score (nSPS) is 10.5. The molecule has 0 unspecified atom stereocenters. The van der Waals surface area contributed by atoms with Crippen molar-refractivity contribution in [2.24, 2.45) is 0 Å². The number of esters is 1. The molecule has 0 saturated carbocycles. The topological polar surface area (TPSA) is 111 Å². The number of hydrogen-bond acceptors (Lipinski definition) is 7. The summed E-state index contributed by atoms with van der Waals surface area (Å²) in [5.41, 5.74) is 1.74. The molecule has 3 aromatic carbocycles. The fraction of sp³-hybridized carbons (Fsp3) is 0.200. The van der Waals surface area contributed by atoms with Crippen LogP contribution in [0, 0.1) is 10.1 Å². The zero-order valence-electron chi connectivity index (χ0n) is 18.7. The van der Waals surface area contributed by atoms with E-state index in [1.807, 2.05) is 65.6 Å². The summed E-state index contributed by atoms with van der Waals surface area (Å²) in [5.74, 6) is -0.931. The van der Waals surface area contributed by atoms with Crippen molar-refractivity contribution >= 4 is 23.3 Å². The zero-order valence-corrected chi connectivity index (χ0v) is 18.7. The summed E-state index contributed by atoms with van der Waals surface area (Å²) in [7, 11) is 1.41. The van der Waals surface area contributed by atoms with Gasteiger partial charge in [-0.3, -0.25) is 24.6 Å². The van der Waals surface area contributed by atoms with Crippen molar-refractivity contribution in [1.29, 1.82) is 0 Å². The van der Waals surface area contributed by atoms with E-state index < -0.39 is 23.4 Å². The molecule has 3 rings (SSSR count). The van der Waals surface area contributed by atoms with Gasteiger partial charge in [-0.05, 0) is 17.2 Å². The molecular weight excluding hydrogens is 438 g/mol. The molecule has 1 N–H and O–H groups in total. The van der Waals surface area contributed by atoms with Gasteiger partial charge in [0.15, 0.2) is 6.61 Å². The van der Waals surface area contributed by atoms with Gasteiger partial charge in [0.05, 0.1) is 18.6 Å². The second-order valence-corrected chi connectivity index (χ2v) is 7.47. The fourth-order valence-corrected chi connectivity index (χ4v) is 3.31. The van der Waals surface area contributed by atoms with Crippen LogP contribution < -0.4 is 10.1 Å². The second kappa shape index (κ2) is 12.1. The average molecular weight is 463 g/mol. The molecule has 34 heavy (non-hydrogen) atoms. The Kier molecular flexibility index (Phi) is 8.70. The lowest BCUT2D eigenvalue weighted by molar-refractivity contribution is -0.383. The first-order valence-electron chi connectivity index (χ1n) is 10.5. The van der Waals surface area contributed by atoms with Gasteiger partial charge in [0.25, 0.3) is 11.6 Å². The van der Waals surface area contributed by atoms with Crippen LogP contribution in [0.25, 0.3) is 0 Å². The number of hydrogen-bond donors (Lipinski definition) is 1. The molecule has 0 fully saturated rings. The number of methoxy groups -OCH3 is 1. The van der Waals surface area contributed by atoms with Crippen molar-refractivity contribution in [2.75, 3.05) is 25.6 Å². The molecule has 0 aromatic heterocycles. The number of rotatable bonds is 11. The smallest absolute Gasteiger partial charge is 0.320 e. The molecule has 9 heteroatoms. The highest BCUT2D eigenvalue weighted by Crippen LogP contribution is 2.28. The number of nitro groups is 1. The first-order valence-corrected chi connectivity index (χ1v) is 10.5. The first kappa shape index (κ1) is 24.4. The Balaban J connectivity index is 1.59. The van der Waals surface area contributed by atoms with Crippen LogP contribution in [0.4, 0.5) is 11.4 Å². The molecule has 0 radical (unpaired) electrons. The van der Waals surface area contributed by atoms with Crippen molar-refractivity contribution in [2.45, 2.75) is 13.1 Å². The maximum absolute atomic E-state index is 12.5. The van der Waals surface area contributed by atoms with Crippen LogP contribution in [0.5, 0.6) is 5.75 Å². The molecule has 9 nitrogen and oxygen atoms in total. The van der Waals surface area contributed by atoms with E-state index in [0.29, 0.717) is 18.8 Å². The lowest BCUT2D eigenvalue weighted by Crippen LogP contribution is -2.32. The summed E-state index contributed by atoms with van der Waals surface area (Å²) in [6.45, 7) is 0.439. The molecule has 0 heterocycles. The van der Waals surface area contributed by atoms with Gasteiger partial charge in [0, 0.05) is 25.2 Å². The van der Waals surface area contributed by atoms with Gasteiger partial charge >= 0.3 is 5.97 Å². The van der Waals surface area contributed by atoms with Crippen molar-refractivity contribution in [3.63, 3.8) is 0 Å². The van der Waals surface area contributed by atoms with Crippen molar-refractivity contribution in [1.82, 2.24) is 4.90 Å². The number of nitrogens with one attached hydrogen (secondary N) is 1. The number of anilines is 1. The van der Waals surface area contributed by atoms with Gasteiger partial charge in [-0.1, -0.05) is 60.7 Å². The first-order chi connectivity index (χ1) is 16.4. The van der Waals surface area contributed by atoms with Gasteiger partial charge < -0.3 is 14.8 Å².